The number of ether oxygens (including phenoxy) is 1. The largest absolute Gasteiger partial charge is 0.489 e. The summed E-state index contributed by atoms with van der Waals surface area (Å²) in [5.41, 5.74) is 9.50. The zero-order valence-corrected chi connectivity index (χ0v) is 13.1. The molecular weight excluding hydrogens is 305 g/mol. The average molecular weight is 322 g/mol. The molecule has 1 aliphatic carbocycles. The van der Waals surface area contributed by atoms with Gasteiger partial charge in [0.25, 0.3) is 0 Å². The Morgan fingerprint density at radius 2 is 2.05 bits per heavy atom. The summed E-state index contributed by atoms with van der Waals surface area (Å²) in [6.07, 6.45) is 3.16. The normalized spacial score (nSPS) is 17.4. The van der Waals surface area contributed by atoms with Crippen molar-refractivity contribution in [3.8, 4) is 5.75 Å². The number of hydrogen-bond donors (Lipinski definition) is 1. The summed E-state index contributed by atoms with van der Waals surface area (Å²) in [5, 5.41) is 1.33. The molecular formula is C17H17Cl2NO. The van der Waals surface area contributed by atoms with E-state index in [4.69, 9.17) is 33.7 Å². The first-order valence-electron chi connectivity index (χ1n) is 7.09. The maximum atomic E-state index is 6.17. The van der Waals surface area contributed by atoms with E-state index in [2.05, 4.69) is 6.07 Å². The van der Waals surface area contributed by atoms with E-state index in [-0.39, 0.29) is 6.04 Å². The number of benzene rings is 2. The summed E-state index contributed by atoms with van der Waals surface area (Å²) in [7, 11) is 0. The molecule has 0 saturated heterocycles. The second-order valence-corrected chi connectivity index (χ2v) is 6.19. The van der Waals surface area contributed by atoms with Crippen LogP contribution in [0.4, 0.5) is 0 Å². The Morgan fingerprint density at radius 1 is 1.19 bits per heavy atom. The molecule has 0 saturated carbocycles. The minimum atomic E-state index is 0.118. The lowest BCUT2D eigenvalue weighted by Crippen LogP contribution is -2.18. The Kier molecular flexibility index (Phi) is 4.39. The highest BCUT2D eigenvalue weighted by molar-refractivity contribution is 6.33. The maximum Gasteiger partial charge on any atom is 0.123 e. The van der Waals surface area contributed by atoms with Crippen LogP contribution in [0.3, 0.4) is 0 Å². The molecule has 0 aliphatic heterocycles. The molecule has 1 unspecified atom stereocenters. The lowest BCUT2D eigenvalue weighted by molar-refractivity contribution is 0.300. The molecule has 1 atom stereocenters. The number of nitrogens with two attached hydrogens (primary N) is 1. The van der Waals surface area contributed by atoms with Crippen molar-refractivity contribution >= 4 is 23.2 Å². The maximum absolute atomic E-state index is 6.17. The van der Waals surface area contributed by atoms with Gasteiger partial charge in [0.2, 0.25) is 0 Å². The van der Waals surface area contributed by atoms with Gasteiger partial charge in [-0.2, -0.15) is 0 Å². The molecule has 0 spiro atoms. The van der Waals surface area contributed by atoms with Crippen molar-refractivity contribution in [3.63, 3.8) is 0 Å². The summed E-state index contributed by atoms with van der Waals surface area (Å²) < 4.78 is 5.98. The van der Waals surface area contributed by atoms with Gasteiger partial charge in [-0.05, 0) is 54.7 Å². The first-order chi connectivity index (χ1) is 10.1. The quantitative estimate of drug-likeness (QED) is 0.871. The fourth-order valence-electron chi connectivity index (χ4n) is 2.80. The Balaban J connectivity index is 1.83. The summed E-state index contributed by atoms with van der Waals surface area (Å²) >= 11 is 12.2. The molecule has 2 aromatic rings. The van der Waals surface area contributed by atoms with Crippen molar-refractivity contribution in [1.82, 2.24) is 0 Å². The van der Waals surface area contributed by atoms with E-state index < -0.39 is 0 Å². The average Bonchev–Trinajstić information content (AvgIpc) is 2.49. The minimum absolute atomic E-state index is 0.118. The fraction of sp³-hybridized carbons (Fsp3) is 0.294. The number of rotatable bonds is 3. The molecule has 0 bridgehead atoms. The van der Waals surface area contributed by atoms with E-state index in [0.717, 1.165) is 30.6 Å². The second kappa shape index (κ2) is 6.27. The van der Waals surface area contributed by atoms with Gasteiger partial charge in [0, 0.05) is 21.7 Å². The van der Waals surface area contributed by atoms with Crippen molar-refractivity contribution in [1.29, 1.82) is 0 Å². The van der Waals surface area contributed by atoms with E-state index in [1.54, 1.807) is 12.1 Å². The summed E-state index contributed by atoms with van der Waals surface area (Å²) in [6, 6.07) is 11.6. The molecule has 0 amide bonds. The summed E-state index contributed by atoms with van der Waals surface area (Å²) in [4.78, 5) is 0. The van der Waals surface area contributed by atoms with Gasteiger partial charge in [-0.1, -0.05) is 35.3 Å². The van der Waals surface area contributed by atoms with E-state index >= 15 is 0 Å². The molecule has 1 aliphatic rings. The standard InChI is InChI=1S/C17H17Cl2NO/c18-12-7-8-15(19)11(9-12)10-21-17-6-2-3-13-14(17)4-1-5-16(13)20/h2-3,6-9,16H,1,4-5,10,20H2. The third kappa shape index (κ3) is 3.18. The molecule has 2 nitrogen and oxygen atoms in total. The zero-order valence-electron chi connectivity index (χ0n) is 11.6. The first-order valence-corrected chi connectivity index (χ1v) is 7.85. The molecule has 110 valence electrons. The molecule has 2 aromatic carbocycles. The smallest absolute Gasteiger partial charge is 0.123 e. The number of halogens is 2. The van der Waals surface area contributed by atoms with Crippen LogP contribution >= 0.6 is 23.2 Å². The van der Waals surface area contributed by atoms with E-state index in [0.29, 0.717) is 16.7 Å². The molecule has 2 N–H and O–H groups in total. The first kappa shape index (κ1) is 14.7. The third-order valence-corrected chi connectivity index (χ3v) is 4.51. The molecule has 21 heavy (non-hydrogen) atoms. The highest BCUT2D eigenvalue weighted by atomic mass is 35.5. The minimum Gasteiger partial charge on any atom is -0.489 e. The molecule has 3 rings (SSSR count). The van der Waals surface area contributed by atoms with Crippen LogP contribution in [0.5, 0.6) is 5.75 Å². The Labute approximate surface area is 134 Å². The van der Waals surface area contributed by atoms with Crippen LogP contribution in [0.25, 0.3) is 0 Å². The van der Waals surface area contributed by atoms with Crippen LogP contribution in [0.1, 0.15) is 35.6 Å². The van der Waals surface area contributed by atoms with Gasteiger partial charge in [0.05, 0.1) is 0 Å². The fourth-order valence-corrected chi connectivity index (χ4v) is 3.16. The van der Waals surface area contributed by atoms with Crippen LogP contribution in [-0.2, 0) is 13.0 Å². The van der Waals surface area contributed by atoms with Gasteiger partial charge < -0.3 is 10.5 Å². The van der Waals surface area contributed by atoms with Crippen molar-refractivity contribution in [2.75, 3.05) is 0 Å². The summed E-state index contributed by atoms with van der Waals surface area (Å²) in [5.74, 6) is 0.902. The van der Waals surface area contributed by atoms with Gasteiger partial charge in [0.15, 0.2) is 0 Å². The van der Waals surface area contributed by atoms with Crippen LogP contribution < -0.4 is 10.5 Å². The van der Waals surface area contributed by atoms with Crippen molar-refractivity contribution < 1.29 is 4.74 Å². The molecule has 0 heterocycles. The van der Waals surface area contributed by atoms with Crippen LogP contribution in [0.15, 0.2) is 36.4 Å². The van der Waals surface area contributed by atoms with Crippen molar-refractivity contribution in [2.45, 2.75) is 31.9 Å². The molecule has 0 fully saturated rings. The summed E-state index contributed by atoms with van der Waals surface area (Å²) in [6.45, 7) is 0.408. The predicted octanol–water partition coefficient (Wildman–Crippen LogP) is 4.91. The highest BCUT2D eigenvalue weighted by Gasteiger charge is 2.19. The second-order valence-electron chi connectivity index (χ2n) is 5.35. The van der Waals surface area contributed by atoms with E-state index in [9.17, 15) is 0 Å². The Hall–Kier alpha value is -1.22. The highest BCUT2D eigenvalue weighted by Crippen LogP contribution is 2.34. The van der Waals surface area contributed by atoms with Gasteiger partial charge >= 0.3 is 0 Å². The monoisotopic (exact) mass is 321 g/mol. The van der Waals surface area contributed by atoms with Gasteiger partial charge in [-0.15, -0.1) is 0 Å². The van der Waals surface area contributed by atoms with Crippen LogP contribution in [0, 0.1) is 0 Å². The SMILES string of the molecule is NC1CCCc2c(OCc3cc(Cl)ccc3Cl)cccc21. The van der Waals surface area contributed by atoms with Crippen LogP contribution in [0.2, 0.25) is 10.0 Å². The third-order valence-electron chi connectivity index (χ3n) is 3.90. The van der Waals surface area contributed by atoms with Gasteiger partial charge in [-0.3, -0.25) is 0 Å². The van der Waals surface area contributed by atoms with E-state index in [1.807, 2.05) is 18.2 Å². The molecule has 0 aromatic heterocycles. The van der Waals surface area contributed by atoms with Crippen LogP contribution in [-0.4, -0.2) is 0 Å². The Morgan fingerprint density at radius 3 is 2.90 bits per heavy atom. The lowest BCUT2D eigenvalue weighted by atomic mass is 9.87. The zero-order chi connectivity index (χ0) is 14.8. The predicted molar refractivity (Wildman–Crippen MR) is 87.1 cm³/mol. The number of fused-ring (bicyclic) bond motifs is 1. The topological polar surface area (TPSA) is 35.2 Å². The van der Waals surface area contributed by atoms with Gasteiger partial charge in [-0.25, -0.2) is 0 Å². The van der Waals surface area contributed by atoms with Crippen molar-refractivity contribution in [2.24, 2.45) is 5.73 Å². The Bertz CT molecular complexity index is 657. The van der Waals surface area contributed by atoms with E-state index in [1.165, 1.54) is 11.1 Å². The van der Waals surface area contributed by atoms with Gasteiger partial charge in [0.1, 0.15) is 12.4 Å². The lowest BCUT2D eigenvalue weighted by Gasteiger charge is -2.24. The van der Waals surface area contributed by atoms with Crippen molar-refractivity contribution in [3.05, 3.63) is 63.1 Å². The molecule has 0 radical (unpaired) electrons. The number of hydrogen-bond acceptors (Lipinski definition) is 2. The molecule has 4 heteroatoms.